The minimum atomic E-state index is -0.251. The van der Waals surface area contributed by atoms with E-state index in [4.69, 9.17) is 10.5 Å². The number of nitrogens with two attached hydrogens (primary N) is 1. The number of benzene rings is 1. The van der Waals surface area contributed by atoms with Crippen LogP contribution in [0.25, 0.3) is 0 Å². The van der Waals surface area contributed by atoms with E-state index >= 15 is 0 Å². The summed E-state index contributed by atoms with van der Waals surface area (Å²) in [6.45, 7) is 0. The van der Waals surface area contributed by atoms with Gasteiger partial charge in [0.05, 0.1) is 7.11 Å². The SMILES string of the molecule is COc1cccc(CC(N)C2CC3CC3C2)c1F. The average Bonchev–Trinajstić information content (AvgIpc) is 2.98. The summed E-state index contributed by atoms with van der Waals surface area (Å²) in [5.74, 6) is 2.50. The first kappa shape index (κ1) is 12.0. The predicted molar refractivity (Wildman–Crippen MR) is 69.0 cm³/mol. The van der Waals surface area contributed by atoms with Crippen molar-refractivity contribution in [3.05, 3.63) is 29.6 Å². The molecular weight excluding hydrogens is 229 g/mol. The lowest BCUT2D eigenvalue weighted by Gasteiger charge is -2.21. The summed E-state index contributed by atoms with van der Waals surface area (Å²) in [5, 5.41) is 0. The lowest BCUT2D eigenvalue weighted by Crippen LogP contribution is -2.31. The number of methoxy groups -OCH3 is 1. The Morgan fingerprint density at radius 2 is 2.06 bits per heavy atom. The van der Waals surface area contributed by atoms with Crippen LogP contribution in [0.5, 0.6) is 5.75 Å². The number of fused-ring (bicyclic) bond motifs is 1. The van der Waals surface area contributed by atoms with Crippen molar-refractivity contribution in [3.63, 3.8) is 0 Å². The van der Waals surface area contributed by atoms with Crippen LogP contribution in [0.15, 0.2) is 18.2 Å². The number of hydrogen-bond donors (Lipinski definition) is 1. The normalized spacial score (nSPS) is 30.9. The predicted octanol–water partition coefficient (Wildman–Crippen LogP) is 2.75. The van der Waals surface area contributed by atoms with Crippen LogP contribution in [0.4, 0.5) is 4.39 Å². The third-order valence-electron chi connectivity index (χ3n) is 4.60. The quantitative estimate of drug-likeness (QED) is 0.890. The third-order valence-corrected chi connectivity index (χ3v) is 4.60. The van der Waals surface area contributed by atoms with Gasteiger partial charge >= 0.3 is 0 Å². The van der Waals surface area contributed by atoms with Gasteiger partial charge in [-0.2, -0.15) is 0 Å². The molecule has 0 amide bonds. The van der Waals surface area contributed by atoms with E-state index in [-0.39, 0.29) is 11.9 Å². The maximum absolute atomic E-state index is 14.0. The van der Waals surface area contributed by atoms with Gasteiger partial charge in [-0.1, -0.05) is 12.1 Å². The molecule has 0 saturated heterocycles. The molecule has 3 heteroatoms. The van der Waals surface area contributed by atoms with Crippen LogP contribution in [0.2, 0.25) is 0 Å². The topological polar surface area (TPSA) is 35.2 Å². The Hall–Kier alpha value is -1.09. The largest absolute Gasteiger partial charge is 0.494 e. The fraction of sp³-hybridized carbons (Fsp3) is 0.600. The van der Waals surface area contributed by atoms with Gasteiger partial charge in [0.1, 0.15) is 0 Å². The van der Waals surface area contributed by atoms with Gasteiger partial charge in [0.25, 0.3) is 0 Å². The minimum absolute atomic E-state index is 0.0828. The summed E-state index contributed by atoms with van der Waals surface area (Å²) in [4.78, 5) is 0. The van der Waals surface area contributed by atoms with Gasteiger partial charge in [-0.3, -0.25) is 0 Å². The highest BCUT2D eigenvalue weighted by molar-refractivity contribution is 5.31. The smallest absolute Gasteiger partial charge is 0.168 e. The van der Waals surface area contributed by atoms with Crippen LogP contribution in [0.1, 0.15) is 24.8 Å². The van der Waals surface area contributed by atoms with Crippen molar-refractivity contribution >= 4 is 0 Å². The van der Waals surface area contributed by atoms with E-state index in [0.717, 1.165) is 11.8 Å². The van der Waals surface area contributed by atoms with E-state index < -0.39 is 0 Å². The Morgan fingerprint density at radius 3 is 2.72 bits per heavy atom. The lowest BCUT2D eigenvalue weighted by molar-refractivity contribution is 0.372. The first-order chi connectivity index (χ1) is 8.69. The highest BCUT2D eigenvalue weighted by Crippen LogP contribution is 2.55. The van der Waals surface area contributed by atoms with Crippen molar-refractivity contribution in [1.29, 1.82) is 0 Å². The van der Waals surface area contributed by atoms with Crippen molar-refractivity contribution in [1.82, 2.24) is 0 Å². The number of rotatable bonds is 4. The lowest BCUT2D eigenvalue weighted by atomic mass is 9.90. The summed E-state index contributed by atoms with van der Waals surface area (Å²) in [6, 6.07) is 5.37. The fourth-order valence-corrected chi connectivity index (χ4v) is 3.40. The van der Waals surface area contributed by atoms with E-state index in [1.165, 1.54) is 26.4 Å². The van der Waals surface area contributed by atoms with Crippen molar-refractivity contribution < 1.29 is 9.13 Å². The Kier molecular flexibility index (Phi) is 3.02. The molecule has 0 spiro atoms. The maximum Gasteiger partial charge on any atom is 0.168 e. The van der Waals surface area contributed by atoms with E-state index in [9.17, 15) is 4.39 Å². The van der Waals surface area contributed by atoms with E-state index in [0.29, 0.717) is 23.7 Å². The molecule has 1 aromatic rings. The molecule has 3 unspecified atom stereocenters. The first-order valence-corrected chi connectivity index (χ1v) is 6.76. The third kappa shape index (κ3) is 2.12. The summed E-state index contributed by atoms with van der Waals surface area (Å²) in [6.07, 6.45) is 4.51. The van der Waals surface area contributed by atoms with Crippen LogP contribution in [0.3, 0.4) is 0 Å². The van der Waals surface area contributed by atoms with Gasteiger partial charge in [0.15, 0.2) is 11.6 Å². The van der Waals surface area contributed by atoms with Gasteiger partial charge in [-0.25, -0.2) is 4.39 Å². The number of ether oxygens (including phenoxy) is 1. The van der Waals surface area contributed by atoms with Gasteiger partial charge in [-0.15, -0.1) is 0 Å². The zero-order valence-corrected chi connectivity index (χ0v) is 10.7. The van der Waals surface area contributed by atoms with E-state index in [1.807, 2.05) is 12.1 Å². The Bertz CT molecular complexity index is 438. The Morgan fingerprint density at radius 1 is 1.33 bits per heavy atom. The Balaban J connectivity index is 1.68. The summed E-state index contributed by atoms with van der Waals surface area (Å²) >= 11 is 0. The molecule has 0 aliphatic heterocycles. The van der Waals surface area contributed by atoms with E-state index in [1.54, 1.807) is 6.07 Å². The summed E-state index contributed by atoms with van der Waals surface area (Å²) in [5.41, 5.74) is 6.93. The van der Waals surface area contributed by atoms with Gasteiger partial charge < -0.3 is 10.5 Å². The number of hydrogen-bond acceptors (Lipinski definition) is 2. The average molecular weight is 249 g/mol. The molecule has 0 aromatic heterocycles. The van der Waals surface area contributed by atoms with E-state index in [2.05, 4.69) is 0 Å². The highest BCUT2D eigenvalue weighted by Gasteiger charge is 2.47. The maximum atomic E-state index is 14.0. The zero-order chi connectivity index (χ0) is 12.7. The molecule has 2 fully saturated rings. The Labute approximate surface area is 107 Å². The van der Waals surface area contributed by atoms with Crippen molar-refractivity contribution in [2.75, 3.05) is 7.11 Å². The first-order valence-electron chi connectivity index (χ1n) is 6.76. The molecule has 2 aliphatic carbocycles. The van der Waals surface area contributed by atoms with Crippen LogP contribution >= 0.6 is 0 Å². The second-order valence-corrected chi connectivity index (χ2v) is 5.79. The van der Waals surface area contributed by atoms with Crippen molar-refractivity contribution in [2.45, 2.75) is 31.7 Å². The molecule has 2 saturated carbocycles. The summed E-state index contributed by atoms with van der Waals surface area (Å²) in [7, 11) is 1.49. The molecule has 3 atom stereocenters. The second kappa shape index (κ2) is 4.54. The standard InChI is InChI=1S/C15H20FNO/c1-18-14-4-2-3-9(15(14)16)8-13(17)12-6-10-5-11(10)7-12/h2-4,10-13H,5-8,17H2,1H3. The minimum Gasteiger partial charge on any atom is -0.494 e. The molecule has 18 heavy (non-hydrogen) atoms. The number of halogens is 1. The molecule has 98 valence electrons. The van der Waals surface area contributed by atoms with Crippen molar-refractivity contribution in [2.24, 2.45) is 23.5 Å². The fourth-order valence-electron chi connectivity index (χ4n) is 3.40. The highest BCUT2D eigenvalue weighted by atomic mass is 19.1. The molecular formula is C15H20FNO. The molecule has 1 aromatic carbocycles. The molecule has 0 bridgehead atoms. The van der Waals surface area contributed by atoms with Gasteiger partial charge in [0, 0.05) is 6.04 Å². The molecule has 2 nitrogen and oxygen atoms in total. The summed E-state index contributed by atoms with van der Waals surface area (Å²) < 4.78 is 19.0. The monoisotopic (exact) mass is 249 g/mol. The molecule has 2 aliphatic rings. The molecule has 0 heterocycles. The molecule has 2 N–H and O–H groups in total. The second-order valence-electron chi connectivity index (χ2n) is 5.79. The van der Waals surface area contributed by atoms with Gasteiger partial charge in [0.2, 0.25) is 0 Å². The zero-order valence-electron chi connectivity index (χ0n) is 10.7. The van der Waals surface area contributed by atoms with Crippen molar-refractivity contribution in [3.8, 4) is 5.75 Å². The van der Waals surface area contributed by atoms with Gasteiger partial charge in [-0.05, 0) is 55.1 Å². The van der Waals surface area contributed by atoms with Crippen LogP contribution in [-0.2, 0) is 6.42 Å². The molecule has 0 radical (unpaired) electrons. The molecule has 3 rings (SSSR count). The van der Waals surface area contributed by atoms with Crippen LogP contribution < -0.4 is 10.5 Å². The van der Waals surface area contributed by atoms with Crippen LogP contribution in [-0.4, -0.2) is 13.2 Å². The van der Waals surface area contributed by atoms with Crippen LogP contribution in [0, 0.1) is 23.6 Å².